The van der Waals surface area contributed by atoms with Gasteiger partial charge in [-0.25, -0.2) is 15.0 Å². The number of aromatic amines is 1. The number of anilines is 1. The maximum atomic E-state index is 5.80. The third-order valence-electron chi connectivity index (χ3n) is 3.46. The van der Waals surface area contributed by atoms with Crippen molar-refractivity contribution in [1.29, 1.82) is 0 Å². The van der Waals surface area contributed by atoms with Crippen LogP contribution in [0.5, 0.6) is 0 Å². The summed E-state index contributed by atoms with van der Waals surface area (Å²) >= 11 is 0. The first kappa shape index (κ1) is 10.5. The van der Waals surface area contributed by atoms with Gasteiger partial charge in [-0.3, -0.25) is 0 Å². The van der Waals surface area contributed by atoms with Crippen molar-refractivity contribution in [2.75, 3.05) is 12.3 Å². The third-order valence-corrected chi connectivity index (χ3v) is 3.46. The molecule has 90 valence electrons. The Balaban J connectivity index is 2.08. The molecular weight excluding hydrogens is 216 g/mol. The molecule has 1 aliphatic rings. The number of hydrogen-bond acceptors (Lipinski definition) is 5. The van der Waals surface area contributed by atoms with Gasteiger partial charge < -0.3 is 16.0 Å². The van der Waals surface area contributed by atoms with E-state index in [-0.39, 0.29) is 5.54 Å². The number of imidazole rings is 1. The highest BCUT2D eigenvalue weighted by atomic mass is 15.1. The normalized spacial score (nSPS) is 25.2. The molecule has 4 N–H and O–H groups in total. The summed E-state index contributed by atoms with van der Waals surface area (Å²) < 4.78 is 0. The van der Waals surface area contributed by atoms with Crippen molar-refractivity contribution in [3.63, 3.8) is 0 Å². The first-order valence-corrected chi connectivity index (χ1v) is 5.91. The van der Waals surface area contributed by atoms with Crippen molar-refractivity contribution in [1.82, 2.24) is 25.3 Å². The summed E-state index contributed by atoms with van der Waals surface area (Å²) in [5.74, 6) is 1.35. The van der Waals surface area contributed by atoms with E-state index in [9.17, 15) is 0 Å². The Hall–Kier alpha value is -1.69. The lowest BCUT2D eigenvalue weighted by Gasteiger charge is -2.32. The van der Waals surface area contributed by atoms with Crippen molar-refractivity contribution >= 4 is 17.0 Å². The largest absolute Gasteiger partial charge is 0.382 e. The van der Waals surface area contributed by atoms with Crippen molar-refractivity contribution in [2.24, 2.45) is 0 Å². The smallest absolute Gasteiger partial charge is 0.183 e. The Morgan fingerprint density at radius 1 is 1.35 bits per heavy atom. The van der Waals surface area contributed by atoms with Crippen LogP contribution in [0.15, 0.2) is 6.33 Å². The van der Waals surface area contributed by atoms with E-state index in [1.54, 1.807) is 0 Å². The lowest BCUT2D eigenvalue weighted by Crippen LogP contribution is -2.44. The van der Waals surface area contributed by atoms with Gasteiger partial charge in [-0.1, -0.05) is 0 Å². The number of nitrogens with one attached hydrogen (secondary N) is 2. The molecule has 2 aromatic heterocycles. The summed E-state index contributed by atoms with van der Waals surface area (Å²) in [5, 5.41) is 3.51. The molecule has 1 saturated heterocycles. The average Bonchev–Trinajstić information content (AvgIpc) is 2.76. The number of fused-ring (bicyclic) bond motifs is 1. The zero-order valence-corrected chi connectivity index (χ0v) is 9.82. The van der Waals surface area contributed by atoms with E-state index in [1.807, 2.05) is 0 Å². The van der Waals surface area contributed by atoms with E-state index in [2.05, 4.69) is 32.2 Å². The average molecular weight is 232 g/mol. The van der Waals surface area contributed by atoms with Crippen molar-refractivity contribution in [2.45, 2.75) is 31.7 Å². The number of nitrogens with two attached hydrogens (primary N) is 1. The predicted molar refractivity (Wildman–Crippen MR) is 65.3 cm³/mol. The second-order valence-electron chi connectivity index (χ2n) is 4.76. The molecular formula is C11H16N6. The Labute approximate surface area is 99.1 Å². The summed E-state index contributed by atoms with van der Waals surface area (Å²) in [6, 6.07) is 0. The standard InChI is InChI=1S/C11H16N6/c1-11(4-2-3-5-15-11)10-16-7-8(12)13-6-14-9(7)17-10/h6,15H,2-5H2,1H3,(H3,12,13,14,16,17). The maximum Gasteiger partial charge on any atom is 0.183 e. The lowest BCUT2D eigenvalue weighted by molar-refractivity contribution is 0.271. The molecule has 0 amide bonds. The highest BCUT2D eigenvalue weighted by molar-refractivity contribution is 5.81. The molecule has 1 fully saturated rings. The zero-order valence-electron chi connectivity index (χ0n) is 9.82. The molecule has 0 aliphatic carbocycles. The highest BCUT2D eigenvalue weighted by Crippen LogP contribution is 2.29. The first-order chi connectivity index (χ1) is 8.19. The number of nitrogens with zero attached hydrogens (tertiary/aromatic N) is 3. The molecule has 0 radical (unpaired) electrons. The Kier molecular flexibility index (Phi) is 2.25. The molecule has 17 heavy (non-hydrogen) atoms. The van der Waals surface area contributed by atoms with Crippen molar-refractivity contribution in [3.8, 4) is 0 Å². The van der Waals surface area contributed by atoms with Crippen LogP contribution in [0.3, 0.4) is 0 Å². The molecule has 0 spiro atoms. The Bertz CT molecular complexity index is 540. The molecule has 6 nitrogen and oxygen atoms in total. The van der Waals surface area contributed by atoms with Gasteiger partial charge in [0.15, 0.2) is 11.5 Å². The van der Waals surface area contributed by atoms with E-state index in [0.717, 1.165) is 24.3 Å². The third kappa shape index (κ3) is 1.64. The van der Waals surface area contributed by atoms with Gasteiger partial charge in [-0.2, -0.15) is 0 Å². The minimum absolute atomic E-state index is 0.106. The summed E-state index contributed by atoms with van der Waals surface area (Å²) in [5.41, 5.74) is 7.07. The molecule has 0 saturated carbocycles. The molecule has 1 atom stereocenters. The maximum absolute atomic E-state index is 5.80. The van der Waals surface area contributed by atoms with Gasteiger partial charge in [-0.05, 0) is 32.7 Å². The second-order valence-corrected chi connectivity index (χ2v) is 4.76. The summed E-state index contributed by atoms with van der Waals surface area (Å²) in [6.45, 7) is 3.18. The number of rotatable bonds is 1. The number of hydrogen-bond donors (Lipinski definition) is 3. The fourth-order valence-corrected chi connectivity index (χ4v) is 2.37. The van der Waals surface area contributed by atoms with Gasteiger partial charge in [-0.15, -0.1) is 0 Å². The van der Waals surface area contributed by atoms with E-state index < -0.39 is 0 Å². The van der Waals surface area contributed by atoms with Crippen LogP contribution in [-0.4, -0.2) is 26.5 Å². The van der Waals surface area contributed by atoms with Gasteiger partial charge in [0.2, 0.25) is 0 Å². The Morgan fingerprint density at radius 3 is 2.94 bits per heavy atom. The molecule has 2 aromatic rings. The van der Waals surface area contributed by atoms with Gasteiger partial charge in [0.05, 0.1) is 5.54 Å². The number of aromatic nitrogens is 4. The van der Waals surface area contributed by atoms with Crippen LogP contribution in [0.1, 0.15) is 32.0 Å². The van der Waals surface area contributed by atoms with Gasteiger partial charge in [0.1, 0.15) is 17.7 Å². The topological polar surface area (TPSA) is 92.5 Å². The molecule has 6 heteroatoms. The quantitative estimate of drug-likeness (QED) is 0.680. The minimum atomic E-state index is -0.106. The van der Waals surface area contributed by atoms with Crippen LogP contribution in [0.25, 0.3) is 11.2 Å². The molecule has 0 aromatic carbocycles. The van der Waals surface area contributed by atoms with Gasteiger partial charge >= 0.3 is 0 Å². The van der Waals surface area contributed by atoms with E-state index in [1.165, 1.54) is 19.2 Å². The van der Waals surface area contributed by atoms with Crippen LogP contribution < -0.4 is 11.1 Å². The minimum Gasteiger partial charge on any atom is -0.382 e. The van der Waals surface area contributed by atoms with E-state index in [4.69, 9.17) is 5.73 Å². The number of H-pyrrole nitrogens is 1. The Morgan fingerprint density at radius 2 is 2.24 bits per heavy atom. The van der Waals surface area contributed by atoms with Gasteiger partial charge in [0.25, 0.3) is 0 Å². The fraction of sp³-hybridized carbons (Fsp3) is 0.545. The first-order valence-electron chi connectivity index (χ1n) is 5.91. The van der Waals surface area contributed by atoms with Crippen LogP contribution in [0.4, 0.5) is 5.82 Å². The van der Waals surface area contributed by atoms with E-state index >= 15 is 0 Å². The lowest BCUT2D eigenvalue weighted by atomic mass is 9.90. The predicted octanol–water partition coefficient (Wildman–Crippen LogP) is 0.924. The molecule has 3 rings (SSSR count). The van der Waals surface area contributed by atoms with Crippen LogP contribution in [0, 0.1) is 0 Å². The van der Waals surface area contributed by atoms with Crippen molar-refractivity contribution < 1.29 is 0 Å². The number of nitrogen functional groups attached to an aromatic ring is 1. The van der Waals surface area contributed by atoms with Crippen LogP contribution >= 0.6 is 0 Å². The molecule has 0 bridgehead atoms. The fourth-order valence-electron chi connectivity index (χ4n) is 2.37. The summed E-state index contributed by atoms with van der Waals surface area (Å²) in [7, 11) is 0. The van der Waals surface area contributed by atoms with Crippen LogP contribution in [0.2, 0.25) is 0 Å². The molecule has 1 aliphatic heterocycles. The van der Waals surface area contributed by atoms with Gasteiger partial charge in [0, 0.05) is 0 Å². The summed E-state index contributed by atoms with van der Waals surface area (Å²) in [6.07, 6.45) is 4.94. The summed E-state index contributed by atoms with van der Waals surface area (Å²) in [4.78, 5) is 15.9. The monoisotopic (exact) mass is 232 g/mol. The number of piperidine rings is 1. The molecule has 3 heterocycles. The highest BCUT2D eigenvalue weighted by Gasteiger charge is 2.31. The SMILES string of the molecule is CC1(c2nc3ncnc(N)c3[nH]2)CCCCN1. The van der Waals surface area contributed by atoms with E-state index in [0.29, 0.717) is 11.5 Å². The second kappa shape index (κ2) is 3.66. The zero-order chi connectivity index (χ0) is 11.9. The van der Waals surface area contributed by atoms with Crippen LogP contribution in [-0.2, 0) is 5.54 Å². The molecule has 1 unspecified atom stereocenters. The van der Waals surface area contributed by atoms with Crippen molar-refractivity contribution in [3.05, 3.63) is 12.2 Å².